The molecule has 1 nitrogen and oxygen atoms in total. The summed E-state index contributed by atoms with van der Waals surface area (Å²) >= 11 is 0. The summed E-state index contributed by atoms with van der Waals surface area (Å²) < 4.78 is 18.9. The zero-order chi connectivity index (χ0) is 12.7. The zero-order valence-corrected chi connectivity index (χ0v) is 10.7. The van der Waals surface area contributed by atoms with Gasteiger partial charge in [-0.25, -0.2) is 4.39 Å². The summed E-state index contributed by atoms with van der Waals surface area (Å²) in [6.07, 6.45) is 1.67. The second-order valence-corrected chi connectivity index (χ2v) is 4.06. The molecule has 0 bridgehead atoms. The van der Waals surface area contributed by atoms with Crippen molar-refractivity contribution in [1.29, 1.82) is 0 Å². The number of halogens is 1. The maximum absolute atomic E-state index is 13.3. The topological polar surface area (TPSA) is 9.23 Å². The smallest absolute Gasteiger partial charge is 0.123 e. The molecule has 92 valence electrons. The number of benzene rings is 1. The van der Waals surface area contributed by atoms with E-state index >= 15 is 0 Å². The highest BCUT2D eigenvalue weighted by Crippen LogP contribution is 2.29. The summed E-state index contributed by atoms with van der Waals surface area (Å²) in [5.74, 6) is 6.62. The highest BCUT2D eigenvalue weighted by Gasteiger charge is 2.12. The van der Waals surface area contributed by atoms with E-state index < -0.39 is 0 Å². The molecule has 0 radical (unpaired) electrons. The van der Waals surface area contributed by atoms with Gasteiger partial charge in [-0.2, -0.15) is 0 Å². The molecule has 0 aliphatic rings. The Bertz CT molecular complexity index is 415. The largest absolute Gasteiger partial charge is 0.493 e. The van der Waals surface area contributed by atoms with Gasteiger partial charge >= 0.3 is 0 Å². The molecule has 1 rings (SSSR count). The Morgan fingerprint density at radius 2 is 2.18 bits per heavy atom. The first kappa shape index (κ1) is 13.6. The maximum Gasteiger partial charge on any atom is 0.123 e. The van der Waals surface area contributed by atoms with Crippen LogP contribution < -0.4 is 4.74 Å². The normalized spacial score (nSPS) is 11.5. The molecule has 0 spiro atoms. The standard InChI is InChI=1S/C15H19FO/c1-4-6-7-12(3)14-11-13(16)8-9-15(14)17-10-5-2/h8-9,11-12H,5,7,10H2,1-3H3. The van der Waals surface area contributed by atoms with Gasteiger partial charge in [0.05, 0.1) is 6.61 Å². The minimum atomic E-state index is -0.222. The molecule has 0 aromatic heterocycles. The van der Waals surface area contributed by atoms with Crippen molar-refractivity contribution in [2.24, 2.45) is 0 Å². The number of ether oxygens (including phenoxy) is 1. The molecule has 0 aliphatic heterocycles. The van der Waals surface area contributed by atoms with E-state index in [1.165, 1.54) is 6.07 Å². The first-order chi connectivity index (χ1) is 8.19. The van der Waals surface area contributed by atoms with E-state index in [4.69, 9.17) is 4.74 Å². The Balaban J connectivity index is 2.91. The van der Waals surface area contributed by atoms with Gasteiger partial charge in [-0.3, -0.25) is 0 Å². The van der Waals surface area contributed by atoms with E-state index in [0.717, 1.165) is 24.2 Å². The van der Waals surface area contributed by atoms with Gasteiger partial charge in [0.25, 0.3) is 0 Å². The quantitative estimate of drug-likeness (QED) is 0.696. The van der Waals surface area contributed by atoms with Crippen molar-refractivity contribution in [3.8, 4) is 17.6 Å². The van der Waals surface area contributed by atoms with Crippen LogP contribution in [0.25, 0.3) is 0 Å². The van der Waals surface area contributed by atoms with Gasteiger partial charge in [-0.15, -0.1) is 11.8 Å². The second-order valence-electron chi connectivity index (χ2n) is 4.06. The van der Waals surface area contributed by atoms with Crippen molar-refractivity contribution in [1.82, 2.24) is 0 Å². The average Bonchev–Trinajstić information content (AvgIpc) is 2.34. The highest BCUT2D eigenvalue weighted by molar-refractivity contribution is 5.37. The summed E-state index contributed by atoms with van der Waals surface area (Å²) in [6.45, 7) is 6.56. The molecule has 0 saturated carbocycles. The first-order valence-electron chi connectivity index (χ1n) is 6.00. The van der Waals surface area contributed by atoms with Crippen molar-refractivity contribution in [2.45, 2.75) is 39.5 Å². The Labute approximate surface area is 103 Å². The van der Waals surface area contributed by atoms with Crippen molar-refractivity contribution in [3.63, 3.8) is 0 Å². The summed E-state index contributed by atoms with van der Waals surface area (Å²) in [7, 11) is 0. The lowest BCUT2D eigenvalue weighted by molar-refractivity contribution is 0.312. The Hall–Kier alpha value is -1.49. The SMILES string of the molecule is CC#CCC(C)c1cc(F)ccc1OCCC. The van der Waals surface area contributed by atoms with E-state index in [-0.39, 0.29) is 11.7 Å². The molecule has 1 unspecified atom stereocenters. The van der Waals surface area contributed by atoms with Gasteiger partial charge in [0.2, 0.25) is 0 Å². The predicted molar refractivity (Wildman–Crippen MR) is 68.7 cm³/mol. The highest BCUT2D eigenvalue weighted by atomic mass is 19.1. The maximum atomic E-state index is 13.3. The van der Waals surface area contributed by atoms with E-state index in [0.29, 0.717) is 6.61 Å². The van der Waals surface area contributed by atoms with Crippen LogP contribution in [-0.2, 0) is 0 Å². The average molecular weight is 234 g/mol. The van der Waals surface area contributed by atoms with E-state index in [1.54, 1.807) is 12.1 Å². The van der Waals surface area contributed by atoms with Gasteiger partial charge in [0.15, 0.2) is 0 Å². The van der Waals surface area contributed by atoms with Crippen LogP contribution in [0.5, 0.6) is 5.75 Å². The predicted octanol–water partition coefficient (Wildman–Crippen LogP) is 4.13. The number of hydrogen-bond donors (Lipinski definition) is 0. The van der Waals surface area contributed by atoms with Gasteiger partial charge in [0.1, 0.15) is 11.6 Å². The molecule has 0 saturated heterocycles. The Morgan fingerprint density at radius 3 is 2.82 bits per heavy atom. The second kappa shape index (κ2) is 6.96. The Kier molecular flexibility index (Phi) is 5.56. The van der Waals surface area contributed by atoms with Gasteiger partial charge in [-0.1, -0.05) is 13.8 Å². The summed E-state index contributed by atoms with van der Waals surface area (Å²) in [6, 6.07) is 4.69. The zero-order valence-electron chi connectivity index (χ0n) is 10.7. The van der Waals surface area contributed by atoms with E-state index in [1.807, 2.05) is 13.8 Å². The molecule has 0 aliphatic carbocycles. The minimum Gasteiger partial charge on any atom is -0.493 e. The molecule has 17 heavy (non-hydrogen) atoms. The fourth-order valence-corrected chi connectivity index (χ4v) is 1.61. The van der Waals surface area contributed by atoms with Crippen LogP contribution in [0.4, 0.5) is 4.39 Å². The molecule has 2 heteroatoms. The van der Waals surface area contributed by atoms with Crippen molar-refractivity contribution < 1.29 is 9.13 Å². The lowest BCUT2D eigenvalue weighted by Crippen LogP contribution is -2.02. The number of hydrogen-bond acceptors (Lipinski definition) is 1. The minimum absolute atomic E-state index is 0.185. The van der Waals surface area contributed by atoms with Crippen LogP contribution in [0.2, 0.25) is 0 Å². The third-order valence-electron chi connectivity index (χ3n) is 2.55. The van der Waals surface area contributed by atoms with Crippen molar-refractivity contribution >= 4 is 0 Å². The molecule has 0 N–H and O–H groups in total. The molecular formula is C15H19FO. The third kappa shape index (κ3) is 4.11. The van der Waals surface area contributed by atoms with Crippen molar-refractivity contribution in [2.75, 3.05) is 6.61 Å². The lowest BCUT2D eigenvalue weighted by atomic mass is 9.97. The summed E-state index contributed by atoms with van der Waals surface area (Å²) in [5, 5.41) is 0. The molecule has 0 amide bonds. The van der Waals surface area contributed by atoms with Crippen LogP contribution in [0.3, 0.4) is 0 Å². The molecule has 1 aromatic carbocycles. The fourth-order valence-electron chi connectivity index (χ4n) is 1.61. The van der Waals surface area contributed by atoms with Crippen LogP contribution >= 0.6 is 0 Å². The summed E-state index contributed by atoms with van der Waals surface area (Å²) in [5.41, 5.74) is 0.904. The van der Waals surface area contributed by atoms with Gasteiger partial charge in [-0.05, 0) is 37.5 Å². The van der Waals surface area contributed by atoms with Crippen LogP contribution in [0, 0.1) is 17.7 Å². The Morgan fingerprint density at radius 1 is 1.41 bits per heavy atom. The van der Waals surface area contributed by atoms with E-state index in [2.05, 4.69) is 18.8 Å². The van der Waals surface area contributed by atoms with Crippen LogP contribution in [0.1, 0.15) is 45.1 Å². The van der Waals surface area contributed by atoms with Gasteiger partial charge < -0.3 is 4.74 Å². The van der Waals surface area contributed by atoms with Crippen LogP contribution in [-0.4, -0.2) is 6.61 Å². The molecular weight excluding hydrogens is 215 g/mol. The number of rotatable bonds is 5. The molecule has 1 atom stereocenters. The molecule has 0 heterocycles. The van der Waals surface area contributed by atoms with Crippen molar-refractivity contribution in [3.05, 3.63) is 29.6 Å². The van der Waals surface area contributed by atoms with Gasteiger partial charge in [0, 0.05) is 12.0 Å². The van der Waals surface area contributed by atoms with E-state index in [9.17, 15) is 4.39 Å². The monoisotopic (exact) mass is 234 g/mol. The molecule has 0 fully saturated rings. The third-order valence-corrected chi connectivity index (χ3v) is 2.55. The summed E-state index contributed by atoms with van der Waals surface area (Å²) in [4.78, 5) is 0. The first-order valence-corrected chi connectivity index (χ1v) is 6.00. The fraction of sp³-hybridized carbons (Fsp3) is 0.467. The van der Waals surface area contributed by atoms with Crippen LogP contribution in [0.15, 0.2) is 18.2 Å². The molecule has 1 aromatic rings. The lowest BCUT2D eigenvalue weighted by Gasteiger charge is -2.15.